The van der Waals surface area contributed by atoms with Crippen molar-refractivity contribution in [1.29, 1.82) is 0 Å². The van der Waals surface area contributed by atoms with E-state index in [1.807, 2.05) is 18.2 Å². The highest BCUT2D eigenvalue weighted by molar-refractivity contribution is 5.89. The first-order valence-corrected chi connectivity index (χ1v) is 5.36. The third kappa shape index (κ3) is 2.62. The van der Waals surface area contributed by atoms with Gasteiger partial charge in [-0.05, 0) is 18.2 Å². The predicted octanol–water partition coefficient (Wildman–Crippen LogP) is 1.70. The SMILES string of the molecule is COCCNc1ncnc2ccc(OC)cc12. The van der Waals surface area contributed by atoms with E-state index < -0.39 is 0 Å². The zero-order valence-electron chi connectivity index (χ0n) is 9.93. The van der Waals surface area contributed by atoms with Crippen LogP contribution in [-0.4, -0.2) is 37.3 Å². The van der Waals surface area contributed by atoms with Crippen molar-refractivity contribution >= 4 is 16.7 Å². The molecule has 1 aromatic heterocycles. The van der Waals surface area contributed by atoms with Gasteiger partial charge in [0, 0.05) is 19.0 Å². The Bertz CT molecular complexity index is 502. The summed E-state index contributed by atoms with van der Waals surface area (Å²) in [6.45, 7) is 1.34. The fourth-order valence-electron chi connectivity index (χ4n) is 1.58. The summed E-state index contributed by atoms with van der Waals surface area (Å²) in [6.07, 6.45) is 1.55. The van der Waals surface area contributed by atoms with Crippen molar-refractivity contribution in [2.24, 2.45) is 0 Å². The van der Waals surface area contributed by atoms with Gasteiger partial charge in [-0.1, -0.05) is 0 Å². The average Bonchev–Trinajstić information content (AvgIpc) is 2.39. The molecule has 0 unspecified atom stereocenters. The van der Waals surface area contributed by atoms with Crippen LogP contribution in [0.5, 0.6) is 5.75 Å². The van der Waals surface area contributed by atoms with Crippen molar-refractivity contribution in [2.75, 3.05) is 32.7 Å². The van der Waals surface area contributed by atoms with Crippen molar-refractivity contribution in [1.82, 2.24) is 9.97 Å². The van der Waals surface area contributed by atoms with Crippen molar-refractivity contribution in [3.63, 3.8) is 0 Å². The van der Waals surface area contributed by atoms with Crippen molar-refractivity contribution in [3.8, 4) is 5.75 Å². The molecule has 5 nitrogen and oxygen atoms in total. The molecule has 0 radical (unpaired) electrons. The number of hydrogen-bond donors (Lipinski definition) is 1. The van der Waals surface area contributed by atoms with Gasteiger partial charge in [0.05, 0.1) is 19.2 Å². The molecule has 1 heterocycles. The first-order chi connectivity index (χ1) is 8.35. The van der Waals surface area contributed by atoms with Crippen molar-refractivity contribution in [3.05, 3.63) is 24.5 Å². The lowest BCUT2D eigenvalue weighted by Crippen LogP contribution is -2.09. The minimum Gasteiger partial charge on any atom is -0.497 e. The predicted molar refractivity (Wildman–Crippen MR) is 66.5 cm³/mol. The second-order valence-electron chi connectivity index (χ2n) is 3.52. The molecule has 0 saturated carbocycles. The zero-order chi connectivity index (χ0) is 12.1. The van der Waals surface area contributed by atoms with Crippen molar-refractivity contribution < 1.29 is 9.47 Å². The maximum atomic E-state index is 5.19. The van der Waals surface area contributed by atoms with Crippen LogP contribution in [0.2, 0.25) is 0 Å². The van der Waals surface area contributed by atoms with Gasteiger partial charge in [-0.3, -0.25) is 0 Å². The van der Waals surface area contributed by atoms with E-state index in [1.54, 1.807) is 20.5 Å². The maximum absolute atomic E-state index is 5.19. The van der Waals surface area contributed by atoms with Crippen LogP contribution in [0.1, 0.15) is 0 Å². The number of methoxy groups -OCH3 is 2. The molecule has 0 amide bonds. The van der Waals surface area contributed by atoms with Crippen molar-refractivity contribution in [2.45, 2.75) is 0 Å². The van der Waals surface area contributed by atoms with Gasteiger partial charge in [-0.25, -0.2) is 9.97 Å². The molecule has 0 saturated heterocycles. The molecule has 90 valence electrons. The Morgan fingerprint density at radius 1 is 1.24 bits per heavy atom. The van der Waals surface area contributed by atoms with E-state index >= 15 is 0 Å². The summed E-state index contributed by atoms with van der Waals surface area (Å²) >= 11 is 0. The summed E-state index contributed by atoms with van der Waals surface area (Å²) in [7, 11) is 3.31. The van der Waals surface area contributed by atoms with Crippen LogP contribution in [0.25, 0.3) is 10.9 Å². The van der Waals surface area contributed by atoms with Crippen LogP contribution in [0.3, 0.4) is 0 Å². The molecule has 17 heavy (non-hydrogen) atoms. The van der Waals surface area contributed by atoms with Crippen LogP contribution >= 0.6 is 0 Å². The van der Waals surface area contributed by atoms with Gasteiger partial charge < -0.3 is 14.8 Å². The highest BCUT2D eigenvalue weighted by Crippen LogP contribution is 2.23. The van der Waals surface area contributed by atoms with Gasteiger partial charge in [-0.2, -0.15) is 0 Å². The second kappa shape index (κ2) is 5.45. The lowest BCUT2D eigenvalue weighted by Gasteiger charge is -2.08. The van der Waals surface area contributed by atoms with Gasteiger partial charge >= 0.3 is 0 Å². The smallest absolute Gasteiger partial charge is 0.137 e. The lowest BCUT2D eigenvalue weighted by molar-refractivity contribution is 0.210. The van der Waals surface area contributed by atoms with E-state index in [1.165, 1.54) is 0 Å². The number of rotatable bonds is 5. The normalized spacial score (nSPS) is 10.5. The number of fused-ring (bicyclic) bond motifs is 1. The second-order valence-corrected chi connectivity index (χ2v) is 3.52. The molecule has 0 aliphatic rings. The maximum Gasteiger partial charge on any atom is 0.137 e. The number of ether oxygens (including phenoxy) is 2. The van der Waals surface area contributed by atoms with Gasteiger partial charge in [0.1, 0.15) is 17.9 Å². The minimum atomic E-state index is 0.634. The van der Waals surface area contributed by atoms with E-state index in [2.05, 4.69) is 15.3 Å². The van der Waals surface area contributed by atoms with Gasteiger partial charge in [-0.15, -0.1) is 0 Å². The summed E-state index contributed by atoms with van der Waals surface area (Å²) in [4.78, 5) is 8.43. The molecule has 1 N–H and O–H groups in total. The van der Waals surface area contributed by atoms with Crippen LogP contribution in [-0.2, 0) is 4.74 Å². The van der Waals surface area contributed by atoms with Crippen LogP contribution in [0, 0.1) is 0 Å². The molecule has 0 aliphatic heterocycles. The Kier molecular flexibility index (Phi) is 3.72. The fraction of sp³-hybridized carbons (Fsp3) is 0.333. The highest BCUT2D eigenvalue weighted by atomic mass is 16.5. The third-order valence-corrected chi connectivity index (χ3v) is 2.44. The topological polar surface area (TPSA) is 56.3 Å². The first kappa shape index (κ1) is 11.6. The fourth-order valence-corrected chi connectivity index (χ4v) is 1.58. The number of benzene rings is 1. The Hall–Kier alpha value is -1.88. The molecule has 2 rings (SSSR count). The molecular weight excluding hydrogens is 218 g/mol. The van der Waals surface area contributed by atoms with E-state index in [9.17, 15) is 0 Å². The standard InChI is InChI=1S/C12H15N3O2/c1-16-6-5-13-12-10-7-9(17-2)3-4-11(10)14-8-15-12/h3-4,7-8H,5-6H2,1-2H3,(H,13,14,15). The van der Waals surface area contributed by atoms with Crippen LogP contribution in [0.15, 0.2) is 24.5 Å². The number of aromatic nitrogens is 2. The quantitative estimate of drug-likeness (QED) is 0.796. The molecule has 0 aliphatic carbocycles. The molecule has 2 aromatic rings. The van der Waals surface area contributed by atoms with E-state index in [4.69, 9.17) is 9.47 Å². The lowest BCUT2D eigenvalue weighted by atomic mass is 10.2. The van der Waals surface area contributed by atoms with Gasteiger partial charge in [0.15, 0.2) is 0 Å². The summed E-state index contributed by atoms with van der Waals surface area (Å²) in [5, 5.41) is 4.16. The minimum absolute atomic E-state index is 0.634. The molecule has 0 fully saturated rings. The summed E-state index contributed by atoms with van der Waals surface area (Å²) in [6, 6.07) is 5.72. The Balaban J connectivity index is 2.33. The Morgan fingerprint density at radius 2 is 2.12 bits per heavy atom. The molecule has 5 heteroatoms. The van der Waals surface area contributed by atoms with Crippen LogP contribution < -0.4 is 10.1 Å². The van der Waals surface area contributed by atoms with E-state index in [0.717, 1.165) is 22.5 Å². The monoisotopic (exact) mass is 233 g/mol. The zero-order valence-corrected chi connectivity index (χ0v) is 9.93. The number of nitrogens with zero attached hydrogens (tertiary/aromatic N) is 2. The first-order valence-electron chi connectivity index (χ1n) is 5.36. The van der Waals surface area contributed by atoms with E-state index in [-0.39, 0.29) is 0 Å². The third-order valence-electron chi connectivity index (χ3n) is 2.44. The molecule has 0 spiro atoms. The Labute approximate surface area is 99.8 Å². The molecule has 0 atom stereocenters. The summed E-state index contributed by atoms with van der Waals surface area (Å²) < 4.78 is 10.2. The number of anilines is 1. The molecule has 0 bridgehead atoms. The number of hydrogen-bond acceptors (Lipinski definition) is 5. The van der Waals surface area contributed by atoms with Crippen LogP contribution in [0.4, 0.5) is 5.82 Å². The highest BCUT2D eigenvalue weighted by Gasteiger charge is 2.04. The largest absolute Gasteiger partial charge is 0.497 e. The summed E-state index contributed by atoms with van der Waals surface area (Å²) in [5.41, 5.74) is 0.890. The number of nitrogens with one attached hydrogen (secondary N) is 1. The van der Waals surface area contributed by atoms with E-state index in [0.29, 0.717) is 13.2 Å². The molecular formula is C12H15N3O2. The Morgan fingerprint density at radius 3 is 2.88 bits per heavy atom. The van der Waals surface area contributed by atoms with Gasteiger partial charge in [0.25, 0.3) is 0 Å². The summed E-state index contributed by atoms with van der Waals surface area (Å²) in [5.74, 6) is 1.59. The molecule has 1 aromatic carbocycles. The average molecular weight is 233 g/mol. The van der Waals surface area contributed by atoms with Gasteiger partial charge in [0.2, 0.25) is 0 Å².